The van der Waals surface area contributed by atoms with E-state index in [0.717, 1.165) is 29.0 Å². The van der Waals surface area contributed by atoms with Gasteiger partial charge in [-0.25, -0.2) is 4.98 Å². The molecule has 0 unspecified atom stereocenters. The van der Waals surface area contributed by atoms with E-state index < -0.39 is 0 Å². The number of nitrogens with zero attached hydrogens (tertiary/aromatic N) is 2. The van der Waals surface area contributed by atoms with Gasteiger partial charge < -0.3 is 10.3 Å². The lowest BCUT2D eigenvalue weighted by atomic mass is 10.2. The van der Waals surface area contributed by atoms with Crippen LogP contribution in [0.5, 0.6) is 0 Å². The second-order valence-electron chi connectivity index (χ2n) is 3.65. The second kappa shape index (κ2) is 4.70. The van der Waals surface area contributed by atoms with Gasteiger partial charge in [-0.15, -0.1) is 0 Å². The fourth-order valence-electron chi connectivity index (χ4n) is 1.70. The van der Waals surface area contributed by atoms with E-state index in [-0.39, 0.29) is 0 Å². The van der Waals surface area contributed by atoms with E-state index in [1.54, 1.807) is 0 Å². The fraction of sp³-hybridized carbons (Fsp3) is 0.250. The van der Waals surface area contributed by atoms with Gasteiger partial charge in [0.05, 0.1) is 0 Å². The third kappa shape index (κ3) is 2.11. The van der Waals surface area contributed by atoms with E-state index in [0.29, 0.717) is 0 Å². The molecule has 0 atom stereocenters. The number of aryl methyl sites for hydroxylation is 1. The molecule has 0 aliphatic heterocycles. The number of nitrogen functional groups attached to an aromatic ring is 1. The zero-order valence-corrected chi connectivity index (χ0v) is 10.7. The highest BCUT2D eigenvalue weighted by molar-refractivity contribution is 9.10. The zero-order chi connectivity index (χ0) is 11.5. The van der Waals surface area contributed by atoms with Crippen LogP contribution in [0.15, 0.2) is 35.1 Å². The molecule has 84 valence electrons. The average Bonchev–Trinajstić information content (AvgIpc) is 2.72. The molecular formula is C12H14BrN3. The molecule has 0 spiro atoms. The van der Waals surface area contributed by atoms with Crippen LogP contribution in [0.25, 0.3) is 0 Å². The van der Waals surface area contributed by atoms with Crippen molar-refractivity contribution < 1.29 is 0 Å². The number of benzene rings is 1. The Bertz CT molecular complexity index is 491. The van der Waals surface area contributed by atoms with Crippen molar-refractivity contribution in [3.05, 3.63) is 46.5 Å². The highest BCUT2D eigenvalue weighted by Gasteiger charge is 2.06. The molecule has 0 fully saturated rings. The predicted octanol–water partition coefficient (Wildman–Crippen LogP) is 2.84. The Hall–Kier alpha value is -1.29. The maximum atomic E-state index is 5.85. The number of hydrogen-bond acceptors (Lipinski definition) is 2. The summed E-state index contributed by atoms with van der Waals surface area (Å²) in [4.78, 5) is 4.30. The lowest BCUT2D eigenvalue weighted by Gasteiger charge is -2.09. The first kappa shape index (κ1) is 11.2. The molecule has 4 heteroatoms. The van der Waals surface area contributed by atoms with Crippen LogP contribution >= 0.6 is 15.9 Å². The van der Waals surface area contributed by atoms with Gasteiger partial charge in [-0.2, -0.15) is 0 Å². The van der Waals surface area contributed by atoms with Crippen LogP contribution < -0.4 is 5.73 Å². The average molecular weight is 280 g/mol. The van der Waals surface area contributed by atoms with Crippen LogP contribution in [0, 0.1) is 0 Å². The Morgan fingerprint density at radius 2 is 2.25 bits per heavy atom. The van der Waals surface area contributed by atoms with Crippen LogP contribution in [0.4, 0.5) is 5.69 Å². The molecule has 16 heavy (non-hydrogen) atoms. The van der Waals surface area contributed by atoms with E-state index in [4.69, 9.17) is 5.73 Å². The summed E-state index contributed by atoms with van der Waals surface area (Å²) in [5.74, 6) is 1.09. The Labute approximate surface area is 103 Å². The third-order valence-electron chi connectivity index (χ3n) is 2.57. The monoisotopic (exact) mass is 279 g/mol. The van der Waals surface area contributed by atoms with E-state index in [1.807, 2.05) is 24.5 Å². The number of rotatable bonds is 3. The summed E-state index contributed by atoms with van der Waals surface area (Å²) in [6.07, 6.45) is 4.76. The van der Waals surface area contributed by atoms with E-state index in [9.17, 15) is 0 Å². The maximum Gasteiger partial charge on any atom is 0.108 e. The quantitative estimate of drug-likeness (QED) is 0.878. The number of imidazole rings is 1. The zero-order valence-electron chi connectivity index (χ0n) is 9.15. The summed E-state index contributed by atoms with van der Waals surface area (Å²) in [5, 5.41) is 0. The highest BCUT2D eigenvalue weighted by atomic mass is 79.9. The van der Waals surface area contributed by atoms with Crippen LogP contribution in [0.1, 0.15) is 18.3 Å². The molecule has 2 N–H and O–H groups in total. The molecule has 3 nitrogen and oxygen atoms in total. The molecule has 0 saturated heterocycles. The van der Waals surface area contributed by atoms with Crippen LogP contribution in [-0.2, 0) is 13.0 Å². The number of halogens is 1. The predicted molar refractivity (Wildman–Crippen MR) is 69.3 cm³/mol. The van der Waals surface area contributed by atoms with Gasteiger partial charge in [-0.3, -0.25) is 0 Å². The first-order valence-electron chi connectivity index (χ1n) is 5.25. The van der Waals surface area contributed by atoms with E-state index in [2.05, 4.69) is 38.5 Å². The number of hydrogen-bond donors (Lipinski definition) is 1. The minimum Gasteiger partial charge on any atom is -0.398 e. The number of nitrogens with two attached hydrogens (primary N) is 1. The molecule has 1 aromatic carbocycles. The van der Waals surface area contributed by atoms with Gasteiger partial charge in [0.15, 0.2) is 0 Å². The second-order valence-corrected chi connectivity index (χ2v) is 4.44. The molecular weight excluding hydrogens is 266 g/mol. The minimum absolute atomic E-state index is 0.774. The summed E-state index contributed by atoms with van der Waals surface area (Å²) in [5.41, 5.74) is 7.80. The van der Waals surface area contributed by atoms with Crippen molar-refractivity contribution in [3.8, 4) is 0 Å². The number of aromatic nitrogens is 2. The van der Waals surface area contributed by atoms with Gasteiger partial charge in [-0.05, 0) is 27.6 Å². The molecule has 0 amide bonds. The topological polar surface area (TPSA) is 43.8 Å². The van der Waals surface area contributed by atoms with Crippen molar-refractivity contribution in [3.63, 3.8) is 0 Å². The lowest BCUT2D eigenvalue weighted by molar-refractivity contribution is 0.730. The summed E-state index contributed by atoms with van der Waals surface area (Å²) in [6, 6.07) is 5.93. The van der Waals surface area contributed by atoms with Gasteiger partial charge in [0.1, 0.15) is 5.82 Å². The Morgan fingerprint density at radius 1 is 1.44 bits per heavy atom. The molecule has 0 bridgehead atoms. The summed E-state index contributed by atoms with van der Waals surface area (Å²) < 4.78 is 3.12. The SMILES string of the molecule is CCc1nccn1Cc1cccc(N)c1Br. The first-order valence-corrected chi connectivity index (χ1v) is 6.04. The normalized spacial score (nSPS) is 10.6. The largest absolute Gasteiger partial charge is 0.398 e. The summed E-state index contributed by atoms with van der Waals surface area (Å²) >= 11 is 3.51. The van der Waals surface area contributed by atoms with Crippen LogP contribution in [-0.4, -0.2) is 9.55 Å². The van der Waals surface area contributed by atoms with Crippen molar-refractivity contribution in [2.75, 3.05) is 5.73 Å². The molecule has 1 aromatic heterocycles. The smallest absolute Gasteiger partial charge is 0.108 e. The van der Waals surface area contributed by atoms with E-state index in [1.165, 1.54) is 5.56 Å². The Kier molecular flexibility index (Phi) is 3.29. The van der Waals surface area contributed by atoms with Gasteiger partial charge in [0, 0.05) is 35.5 Å². The Balaban J connectivity index is 2.30. The highest BCUT2D eigenvalue weighted by Crippen LogP contribution is 2.24. The van der Waals surface area contributed by atoms with Gasteiger partial charge >= 0.3 is 0 Å². The van der Waals surface area contributed by atoms with Crippen molar-refractivity contribution in [1.82, 2.24) is 9.55 Å². The van der Waals surface area contributed by atoms with Gasteiger partial charge in [0.25, 0.3) is 0 Å². The van der Waals surface area contributed by atoms with Gasteiger partial charge in [0.2, 0.25) is 0 Å². The molecule has 0 aliphatic rings. The minimum atomic E-state index is 0.774. The summed E-state index contributed by atoms with van der Waals surface area (Å²) in [6.45, 7) is 2.90. The van der Waals surface area contributed by atoms with Crippen LogP contribution in [0.2, 0.25) is 0 Å². The first-order chi connectivity index (χ1) is 7.72. The Morgan fingerprint density at radius 3 is 3.00 bits per heavy atom. The van der Waals surface area contributed by atoms with Crippen molar-refractivity contribution >= 4 is 21.6 Å². The van der Waals surface area contributed by atoms with Crippen molar-refractivity contribution in [2.24, 2.45) is 0 Å². The molecule has 0 saturated carbocycles. The molecule has 2 rings (SSSR count). The molecule has 2 aromatic rings. The van der Waals surface area contributed by atoms with Crippen LogP contribution in [0.3, 0.4) is 0 Å². The molecule has 1 heterocycles. The lowest BCUT2D eigenvalue weighted by Crippen LogP contribution is -2.04. The van der Waals surface area contributed by atoms with E-state index >= 15 is 0 Å². The van der Waals surface area contributed by atoms with Gasteiger partial charge in [-0.1, -0.05) is 19.1 Å². The number of anilines is 1. The standard InChI is InChI=1S/C12H14BrN3/c1-2-11-15-6-7-16(11)8-9-4-3-5-10(14)12(9)13/h3-7H,2,8,14H2,1H3. The third-order valence-corrected chi connectivity index (χ3v) is 3.53. The maximum absolute atomic E-state index is 5.85. The summed E-state index contributed by atoms with van der Waals surface area (Å²) in [7, 11) is 0. The molecule has 0 aliphatic carbocycles. The van der Waals surface area contributed by atoms with Crippen molar-refractivity contribution in [1.29, 1.82) is 0 Å². The molecule has 0 radical (unpaired) electrons. The van der Waals surface area contributed by atoms with Crippen molar-refractivity contribution in [2.45, 2.75) is 19.9 Å². The fourth-order valence-corrected chi connectivity index (χ4v) is 2.09.